The second kappa shape index (κ2) is 9.36. The summed E-state index contributed by atoms with van der Waals surface area (Å²) in [4.78, 5) is 16.3. The standard InChI is InChI=1S/C22H21N3O4/c1-27-18-7-4-15(5-8-18)21(17-6-9-19(28-2)20(14-17)29-3)24-25-22(26)16-10-12-23-13-11-16/h4-14H,1-3H3,(H,25,26)/b24-21+. The van der Waals surface area contributed by atoms with Crippen molar-refractivity contribution in [2.24, 2.45) is 5.10 Å². The van der Waals surface area contributed by atoms with E-state index < -0.39 is 0 Å². The van der Waals surface area contributed by atoms with Crippen LogP contribution in [0.25, 0.3) is 0 Å². The molecule has 0 bridgehead atoms. The molecule has 3 rings (SSSR count). The third-order valence-corrected chi connectivity index (χ3v) is 4.23. The van der Waals surface area contributed by atoms with Gasteiger partial charge < -0.3 is 14.2 Å². The summed E-state index contributed by atoms with van der Waals surface area (Å²) in [6, 6.07) is 16.1. The Balaban J connectivity index is 2.00. The summed E-state index contributed by atoms with van der Waals surface area (Å²) in [7, 11) is 4.75. The van der Waals surface area contributed by atoms with Crippen LogP contribution in [0, 0.1) is 0 Å². The Morgan fingerprint density at radius 1 is 0.793 bits per heavy atom. The smallest absolute Gasteiger partial charge is 0.271 e. The number of hydrogen-bond acceptors (Lipinski definition) is 6. The van der Waals surface area contributed by atoms with Gasteiger partial charge in [0.2, 0.25) is 0 Å². The van der Waals surface area contributed by atoms with Crippen molar-refractivity contribution in [3.05, 3.63) is 83.7 Å². The average Bonchev–Trinajstić information content (AvgIpc) is 2.79. The van der Waals surface area contributed by atoms with Crippen molar-refractivity contribution in [1.29, 1.82) is 0 Å². The number of benzene rings is 2. The SMILES string of the molecule is COc1ccc(/C(=N\NC(=O)c2ccncc2)c2ccc(OC)c(OC)c2)cc1. The highest BCUT2D eigenvalue weighted by molar-refractivity contribution is 6.13. The monoisotopic (exact) mass is 391 g/mol. The molecule has 7 heteroatoms. The first-order valence-electron chi connectivity index (χ1n) is 8.81. The normalized spacial score (nSPS) is 10.9. The van der Waals surface area contributed by atoms with Gasteiger partial charge in [0, 0.05) is 29.1 Å². The minimum Gasteiger partial charge on any atom is -0.497 e. The molecule has 0 atom stereocenters. The molecular weight excluding hydrogens is 370 g/mol. The average molecular weight is 391 g/mol. The summed E-state index contributed by atoms with van der Waals surface area (Å²) in [6.07, 6.45) is 3.11. The van der Waals surface area contributed by atoms with Crippen molar-refractivity contribution in [2.75, 3.05) is 21.3 Å². The first-order chi connectivity index (χ1) is 14.2. The number of nitrogens with one attached hydrogen (secondary N) is 1. The Labute approximate surface area is 169 Å². The van der Waals surface area contributed by atoms with E-state index in [4.69, 9.17) is 14.2 Å². The number of hydrogen-bond donors (Lipinski definition) is 1. The number of carbonyl (C=O) groups is 1. The molecule has 0 unspecified atom stereocenters. The number of rotatable bonds is 7. The van der Waals surface area contributed by atoms with Gasteiger partial charge in [0.15, 0.2) is 11.5 Å². The van der Waals surface area contributed by atoms with Gasteiger partial charge in [-0.1, -0.05) is 0 Å². The summed E-state index contributed by atoms with van der Waals surface area (Å²) in [6.45, 7) is 0. The van der Waals surface area contributed by atoms with Crippen LogP contribution in [0.3, 0.4) is 0 Å². The summed E-state index contributed by atoms with van der Waals surface area (Å²) in [5, 5.41) is 4.39. The van der Waals surface area contributed by atoms with Gasteiger partial charge in [-0.25, -0.2) is 5.43 Å². The summed E-state index contributed by atoms with van der Waals surface area (Å²) < 4.78 is 15.9. The van der Waals surface area contributed by atoms with Crippen molar-refractivity contribution < 1.29 is 19.0 Å². The van der Waals surface area contributed by atoms with Gasteiger partial charge in [0.05, 0.1) is 27.0 Å². The fraction of sp³-hybridized carbons (Fsp3) is 0.136. The molecular formula is C22H21N3O4. The van der Waals surface area contributed by atoms with E-state index in [1.54, 1.807) is 58.0 Å². The van der Waals surface area contributed by atoms with E-state index in [2.05, 4.69) is 15.5 Å². The summed E-state index contributed by atoms with van der Waals surface area (Å²) >= 11 is 0. The van der Waals surface area contributed by atoms with Gasteiger partial charge in [0.25, 0.3) is 5.91 Å². The molecule has 0 fully saturated rings. The zero-order valence-corrected chi connectivity index (χ0v) is 16.4. The number of aromatic nitrogens is 1. The minimum absolute atomic E-state index is 0.334. The van der Waals surface area contributed by atoms with Crippen LogP contribution in [-0.2, 0) is 0 Å². The Morgan fingerprint density at radius 3 is 2.07 bits per heavy atom. The van der Waals surface area contributed by atoms with Crippen molar-refractivity contribution in [3.8, 4) is 17.2 Å². The Kier molecular flexibility index (Phi) is 6.42. The van der Waals surface area contributed by atoms with Crippen LogP contribution in [0.2, 0.25) is 0 Å². The molecule has 0 spiro atoms. The van der Waals surface area contributed by atoms with Gasteiger partial charge in [-0.15, -0.1) is 0 Å². The summed E-state index contributed by atoms with van der Waals surface area (Å²) in [5.74, 6) is 1.55. The molecule has 0 saturated heterocycles. The van der Waals surface area contributed by atoms with Crippen LogP contribution in [0.15, 0.2) is 72.1 Å². The molecule has 3 aromatic rings. The first kappa shape index (κ1) is 19.9. The predicted octanol–water partition coefficient (Wildman–Crippen LogP) is 3.29. The van der Waals surface area contributed by atoms with Gasteiger partial charge in [-0.2, -0.15) is 5.10 Å². The van der Waals surface area contributed by atoms with Crippen LogP contribution >= 0.6 is 0 Å². The van der Waals surface area contributed by atoms with E-state index in [0.717, 1.165) is 16.9 Å². The molecule has 2 aromatic carbocycles. The molecule has 0 radical (unpaired) electrons. The highest BCUT2D eigenvalue weighted by Crippen LogP contribution is 2.29. The number of carbonyl (C=O) groups excluding carboxylic acids is 1. The Hall–Kier alpha value is -3.87. The molecule has 1 N–H and O–H groups in total. The molecule has 1 amide bonds. The lowest BCUT2D eigenvalue weighted by Crippen LogP contribution is -2.20. The van der Waals surface area contributed by atoms with Crippen LogP contribution in [-0.4, -0.2) is 37.9 Å². The van der Waals surface area contributed by atoms with E-state index in [1.165, 1.54) is 0 Å². The molecule has 0 aliphatic rings. The number of amides is 1. The second-order valence-electron chi connectivity index (χ2n) is 5.94. The second-order valence-corrected chi connectivity index (χ2v) is 5.94. The fourth-order valence-corrected chi connectivity index (χ4v) is 2.70. The van der Waals surface area contributed by atoms with Crippen LogP contribution in [0.4, 0.5) is 0 Å². The van der Waals surface area contributed by atoms with Crippen molar-refractivity contribution >= 4 is 11.6 Å². The number of pyridine rings is 1. The Bertz CT molecular complexity index is 1000. The molecule has 0 aliphatic carbocycles. The predicted molar refractivity (Wildman–Crippen MR) is 110 cm³/mol. The quantitative estimate of drug-likeness (QED) is 0.494. The number of ether oxygens (including phenoxy) is 3. The van der Waals surface area contributed by atoms with Gasteiger partial charge in [-0.3, -0.25) is 9.78 Å². The van der Waals surface area contributed by atoms with E-state index >= 15 is 0 Å². The van der Waals surface area contributed by atoms with E-state index in [9.17, 15) is 4.79 Å². The zero-order valence-electron chi connectivity index (χ0n) is 16.4. The maximum absolute atomic E-state index is 12.4. The molecule has 148 valence electrons. The third kappa shape index (κ3) is 4.70. The van der Waals surface area contributed by atoms with E-state index in [1.807, 2.05) is 30.3 Å². The molecule has 1 aromatic heterocycles. The van der Waals surface area contributed by atoms with Crippen molar-refractivity contribution in [3.63, 3.8) is 0 Å². The lowest BCUT2D eigenvalue weighted by Gasteiger charge is -2.12. The van der Waals surface area contributed by atoms with Crippen molar-refractivity contribution in [2.45, 2.75) is 0 Å². The summed E-state index contributed by atoms with van der Waals surface area (Å²) in [5.41, 5.74) is 5.19. The van der Waals surface area contributed by atoms with Crippen LogP contribution in [0.1, 0.15) is 21.5 Å². The first-order valence-corrected chi connectivity index (χ1v) is 8.81. The van der Waals surface area contributed by atoms with Crippen LogP contribution < -0.4 is 19.6 Å². The van der Waals surface area contributed by atoms with Gasteiger partial charge in [0.1, 0.15) is 5.75 Å². The van der Waals surface area contributed by atoms with Crippen LogP contribution in [0.5, 0.6) is 17.2 Å². The number of hydrazone groups is 1. The lowest BCUT2D eigenvalue weighted by molar-refractivity contribution is 0.0955. The van der Waals surface area contributed by atoms with Crippen molar-refractivity contribution in [1.82, 2.24) is 10.4 Å². The maximum atomic E-state index is 12.4. The fourth-order valence-electron chi connectivity index (χ4n) is 2.70. The highest BCUT2D eigenvalue weighted by atomic mass is 16.5. The zero-order chi connectivity index (χ0) is 20.6. The topological polar surface area (TPSA) is 82.0 Å². The molecule has 0 saturated carbocycles. The highest BCUT2D eigenvalue weighted by Gasteiger charge is 2.13. The number of methoxy groups -OCH3 is 3. The molecule has 7 nitrogen and oxygen atoms in total. The largest absolute Gasteiger partial charge is 0.497 e. The van der Waals surface area contributed by atoms with E-state index in [-0.39, 0.29) is 5.91 Å². The Morgan fingerprint density at radius 2 is 1.45 bits per heavy atom. The maximum Gasteiger partial charge on any atom is 0.271 e. The van der Waals surface area contributed by atoms with E-state index in [0.29, 0.717) is 22.8 Å². The van der Waals surface area contributed by atoms with Gasteiger partial charge >= 0.3 is 0 Å². The lowest BCUT2D eigenvalue weighted by atomic mass is 10.0. The molecule has 29 heavy (non-hydrogen) atoms. The number of nitrogens with zero attached hydrogens (tertiary/aromatic N) is 2. The molecule has 0 aliphatic heterocycles. The van der Waals surface area contributed by atoms with Gasteiger partial charge in [-0.05, 0) is 54.6 Å². The molecule has 1 heterocycles. The minimum atomic E-state index is -0.334. The third-order valence-electron chi connectivity index (χ3n) is 4.23.